The van der Waals surface area contributed by atoms with Gasteiger partial charge >= 0.3 is 0 Å². The molecule has 1 amide bonds. The summed E-state index contributed by atoms with van der Waals surface area (Å²) in [5.41, 5.74) is 2.56. The normalized spacial score (nSPS) is 10.2. The van der Waals surface area contributed by atoms with Crippen molar-refractivity contribution < 1.29 is 4.79 Å². The molecule has 0 aliphatic rings. The number of carbonyl (C=O) groups is 1. The van der Waals surface area contributed by atoms with Crippen LogP contribution >= 0.6 is 11.5 Å². The number of anilines is 2. The summed E-state index contributed by atoms with van der Waals surface area (Å²) < 4.78 is 3.92. The predicted molar refractivity (Wildman–Crippen MR) is 80.1 cm³/mol. The van der Waals surface area contributed by atoms with Crippen LogP contribution in [0.15, 0.2) is 35.8 Å². The van der Waals surface area contributed by atoms with Gasteiger partial charge in [-0.05, 0) is 49.6 Å². The van der Waals surface area contributed by atoms with E-state index in [9.17, 15) is 4.79 Å². The van der Waals surface area contributed by atoms with Crippen molar-refractivity contribution in [3.05, 3.63) is 41.4 Å². The molecule has 0 saturated carbocycles. The largest absolute Gasteiger partial charge is 0.372 e. The van der Waals surface area contributed by atoms with Crippen LogP contribution in [-0.2, 0) is 0 Å². The molecule has 2 rings (SSSR count). The Balaban J connectivity index is 2.05. The van der Waals surface area contributed by atoms with E-state index in [2.05, 4.69) is 28.4 Å². The van der Waals surface area contributed by atoms with E-state index in [1.165, 1.54) is 17.2 Å². The zero-order valence-electron chi connectivity index (χ0n) is 11.1. The summed E-state index contributed by atoms with van der Waals surface area (Å²) in [4.78, 5) is 14.1. The van der Waals surface area contributed by atoms with E-state index >= 15 is 0 Å². The van der Waals surface area contributed by atoms with Crippen molar-refractivity contribution in [1.82, 2.24) is 4.37 Å². The number of aromatic nitrogens is 1. The maximum atomic E-state index is 11.9. The molecule has 0 unspecified atom stereocenters. The van der Waals surface area contributed by atoms with E-state index in [1.54, 1.807) is 11.6 Å². The molecule has 0 aliphatic carbocycles. The molecule has 1 aromatic carbocycles. The highest BCUT2D eigenvalue weighted by molar-refractivity contribution is 7.03. The first-order valence-electron chi connectivity index (χ1n) is 6.30. The summed E-state index contributed by atoms with van der Waals surface area (Å²) in [5.74, 6) is -0.121. The lowest BCUT2D eigenvalue weighted by molar-refractivity contribution is 0.102. The van der Waals surface area contributed by atoms with Crippen LogP contribution in [0.25, 0.3) is 0 Å². The van der Waals surface area contributed by atoms with Gasteiger partial charge in [0.25, 0.3) is 5.91 Å². The third-order valence-corrected chi connectivity index (χ3v) is 3.53. The SMILES string of the molecule is CCN(CC)c1ccc(NC(=O)c2cnsc2)cc1. The monoisotopic (exact) mass is 275 g/mol. The van der Waals surface area contributed by atoms with Crippen molar-refractivity contribution in [2.24, 2.45) is 0 Å². The fourth-order valence-electron chi connectivity index (χ4n) is 1.86. The molecule has 2 aromatic rings. The van der Waals surface area contributed by atoms with E-state index in [-0.39, 0.29) is 5.91 Å². The van der Waals surface area contributed by atoms with Gasteiger partial charge < -0.3 is 10.2 Å². The summed E-state index contributed by atoms with van der Waals surface area (Å²) >= 11 is 1.27. The van der Waals surface area contributed by atoms with Crippen LogP contribution in [0.2, 0.25) is 0 Å². The molecule has 5 heteroatoms. The Hall–Kier alpha value is -1.88. The highest BCUT2D eigenvalue weighted by Crippen LogP contribution is 2.18. The number of nitrogens with one attached hydrogen (secondary N) is 1. The average molecular weight is 275 g/mol. The molecule has 0 aliphatic heterocycles. The van der Waals surface area contributed by atoms with Gasteiger partial charge in [0.2, 0.25) is 0 Å². The molecule has 0 fully saturated rings. The topological polar surface area (TPSA) is 45.2 Å². The molecule has 0 bridgehead atoms. The van der Waals surface area contributed by atoms with Gasteiger partial charge in [0, 0.05) is 29.8 Å². The molecule has 100 valence electrons. The van der Waals surface area contributed by atoms with E-state index in [4.69, 9.17) is 0 Å². The first-order valence-corrected chi connectivity index (χ1v) is 7.14. The maximum Gasteiger partial charge on any atom is 0.258 e. The molecular formula is C14H17N3OS. The molecule has 0 spiro atoms. The number of benzene rings is 1. The standard InChI is InChI=1S/C14H17N3OS/c1-3-17(4-2)13-7-5-12(6-8-13)16-14(18)11-9-15-19-10-11/h5-10H,3-4H2,1-2H3,(H,16,18). The number of hydrogen-bond donors (Lipinski definition) is 1. The lowest BCUT2D eigenvalue weighted by Gasteiger charge is -2.21. The van der Waals surface area contributed by atoms with Crippen LogP contribution in [0, 0.1) is 0 Å². The Morgan fingerprint density at radius 2 is 1.95 bits per heavy atom. The molecule has 0 atom stereocenters. The Labute approximate surface area is 117 Å². The lowest BCUT2D eigenvalue weighted by atomic mass is 10.2. The van der Waals surface area contributed by atoms with Gasteiger partial charge in [-0.1, -0.05) is 0 Å². The quantitative estimate of drug-likeness (QED) is 0.911. The average Bonchev–Trinajstić information content (AvgIpc) is 2.96. The van der Waals surface area contributed by atoms with Gasteiger partial charge in [-0.2, -0.15) is 0 Å². The van der Waals surface area contributed by atoms with Crippen molar-refractivity contribution >= 4 is 28.8 Å². The Morgan fingerprint density at radius 1 is 1.26 bits per heavy atom. The molecule has 19 heavy (non-hydrogen) atoms. The summed E-state index contributed by atoms with van der Waals surface area (Å²) in [5, 5.41) is 4.59. The molecule has 1 N–H and O–H groups in total. The van der Waals surface area contributed by atoms with E-state index in [0.29, 0.717) is 5.56 Å². The van der Waals surface area contributed by atoms with Crippen LogP contribution < -0.4 is 10.2 Å². The third-order valence-electron chi connectivity index (χ3n) is 2.95. The van der Waals surface area contributed by atoms with Crippen LogP contribution in [0.5, 0.6) is 0 Å². The zero-order chi connectivity index (χ0) is 13.7. The van der Waals surface area contributed by atoms with E-state index in [1.807, 2.05) is 24.3 Å². The van der Waals surface area contributed by atoms with Crippen molar-refractivity contribution in [1.29, 1.82) is 0 Å². The lowest BCUT2D eigenvalue weighted by Crippen LogP contribution is -2.21. The fourth-order valence-corrected chi connectivity index (χ4v) is 2.38. The fraction of sp³-hybridized carbons (Fsp3) is 0.286. The van der Waals surface area contributed by atoms with Crippen molar-refractivity contribution in [2.45, 2.75) is 13.8 Å². The van der Waals surface area contributed by atoms with Crippen LogP contribution in [0.1, 0.15) is 24.2 Å². The van der Waals surface area contributed by atoms with E-state index < -0.39 is 0 Å². The Kier molecular flexibility index (Phi) is 4.52. The number of nitrogens with zero attached hydrogens (tertiary/aromatic N) is 2. The number of amides is 1. The van der Waals surface area contributed by atoms with Crippen LogP contribution in [0.3, 0.4) is 0 Å². The summed E-state index contributed by atoms with van der Waals surface area (Å²) in [6.45, 7) is 6.21. The number of carbonyl (C=O) groups excluding carboxylic acids is 1. The van der Waals surface area contributed by atoms with Gasteiger partial charge in [0.05, 0.1) is 11.8 Å². The summed E-state index contributed by atoms with van der Waals surface area (Å²) in [6, 6.07) is 7.89. The van der Waals surface area contributed by atoms with Crippen molar-refractivity contribution in [3.8, 4) is 0 Å². The van der Waals surface area contributed by atoms with Crippen LogP contribution in [0.4, 0.5) is 11.4 Å². The molecule has 1 aromatic heterocycles. The zero-order valence-corrected chi connectivity index (χ0v) is 11.9. The minimum Gasteiger partial charge on any atom is -0.372 e. The number of hydrogen-bond acceptors (Lipinski definition) is 4. The molecule has 0 radical (unpaired) electrons. The molecular weight excluding hydrogens is 258 g/mol. The summed E-state index contributed by atoms with van der Waals surface area (Å²) in [6.07, 6.45) is 1.57. The minimum atomic E-state index is -0.121. The molecule has 0 saturated heterocycles. The van der Waals surface area contributed by atoms with E-state index in [0.717, 1.165) is 18.8 Å². The van der Waals surface area contributed by atoms with Gasteiger partial charge in [0.15, 0.2) is 0 Å². The highest BCUT2D eigenvalue weighted by Gasteiger charge is 2.07. The van der Waals surface area contributed by atoms with Crippen molar-refractivity contribution in [3.63, 3.8) is 0 Å². The summed E-state index contributed by atoms with van der Waals surface area (Å²) in [7, 11) is 0. The van der Waals surface area contributed by atoms with Gasteiger partial charge in [-0.3, -0.25) is 4.79 Å². The van der Waals surface area contributed by atoms with Crippen molar-refractivity contribution in [2.75, 3.05) is 23.3 Å². The van der Waals surface area contributed by atoms with Gasteiger partial charge in [-0.25, -0.2) is 4.37 Å². The predicted octanol–water partition coefficient (Wildman–Crippen LogP) is 3.24. The second-order valence-electron chi connectivity index (χ2n) is 4.09. The second-order valence-corrected chi connectivity index (χ2v) is 4.74. The molecule has 4 nitrogen and oxygen atoms in total. The third kappa shape index (κ3) is 3.32. The minimum absolute atomic E-state index is 0.121. The molecule has 1 heterocycles. The first kappa shape index (κ1) is 13.5. The van der Waals surface area contributed by atoms with Crippen LogP contribution in [-0.4, -0.2) is 23.4 Å². The van der Waals surface area contributed by atoms with Gasteiger partial charge in [0.1, 0.15) is 0 Å². The Bertz CT molecular complexity index is 518. The first-order chi connectivity index (χ1) is 9.24. The smallest absolute Gasteiger partial charge is 0.258 e. The maximum absolute atomic E-state index is 11.9. The van der Waals surface area contributed by atoms with Gasteiger partial charge in [-0.15, -0.1) is 0 Å². The second kappa shape index (κ2) is 6.33. The number of rotatable bonds is 5. The highest BCUT2D eigenvalue weighted by atomic mass is 32.1. The Morgan fingerprint density at radius 3 is 2.47 bits per heavy atom.